The number of anilines is 1. The number of nitrogens with one attached hydrogen (secondary N) is 1. The van der Waals surface area contributed by atoms with E-state index in [-0.39, 0.29) is 17.5 Å². The number of carbonyl (C=O) groups excluding carboxylic acids is 2. The Kier molecular flexibility index (Phi) is 4.41. The van der Waals surface area contributed by atoms with Gasteiger partial charge in [-0.15, -0.1) is 0 Å². The van der Waals surface area contributed by atoms with Crippen LogP contribution in [0.2, 0.25) is 0 Å². The molecule has 0 atom stereocenters. The van der Waals surface area contributed by atoms with Crippen LogP contribution < -0.4 is 5.32 Å². The molecule has 0 bridgehead atoms. The Labute approximate surface area is 155 Å². The van der Waals surface area contributed by atoms with Crippen LogP contribution in [0.15, 0.2) is 41.4 Å². The number of aromatic nitrogens is 4. The highest BCUT2D eigenvalue weighted by Crippen LogP contribution is 2.19. The lowest BCUT2D eigenvalue weighted by molar-refractivity contribution is 0.0712. The molecule has 9 heteroatoms. The fourth-order valence-corrected chi connectivity index (χ4v) is 3.03. The molecule has 1 aliphatic rings. The molecule has 4 heterocycles. The topological polar surface area (TPSA) is 106 Å². The van der Waals surface area contributed by atoms with Gasteiger partial charge in [0.2, 0.25) is 0 Å². The maximum atomic E-state index is 12.7. The van der Waals surface area contributed by atoms with Crippen LogP contribution in [0.4, 0.5) is 5.82 Å². The third-order valence-corrected chi connectivity index (χ3v) is 4.41. The van der Waals surface area contributed by atoms with E-state index in [1.807, 2.05) is 6.92 Å². The molecule has 3 aromatic heterocycles. The maximum Gasteiger partial charge on any atom is 0.290 e. The maximum absolute atomic E-state index is 12.7. The van der Waals surface area contributed by atoms with Crippen molar-refractivity contribution in [2.75, 3.05) is 11.9 Å². The summed E-state index contributed by atoms with van der Waals surface area (Å²) in [5, 5.41) is 7.07. The summed E-state index contributed by atoms with van der Waals surface area (Å²) in [5.41, 5.74) is 1.90. The van der Waals surface area contributed by atoms with Crippen LogP contribution in [0.5, 0.6) is 0 Å². The Hall–Kier alpha value is -3.49. The molecular weight excluding hydrogens is 348 g/mol. The second-order valence-corrected chi connectivity index (χ2v) is 6.31. The van der Waals surface area contributed by atoms with E-state index < -0.39 is 0 Å². The average molecular weight is 366 g/mol. The molecule has 0 radical (unpaired) electrons. The van der Waals surface area contributed by atoms with Gasteiger partial charge in [0, 0.05) is 24.8 Å². The lowest BCUT2D eigenvalue weighted by atomic mass is 10.2. The zero-order valence-corrected chi connectivity index (χ0v) is 14.8. The second-order valence-electron chi connectivity index (χ2n) is 6.31. The minimum Gasteiger partial charge on any atom is -0.459 e. The van der Waals surface area contributed by atoms with Crippen LogP contribution in [0.3, 0.4) is 0 Å². The van der Waals surface area contributed by atoms with Crippen molar-refractivity contribution in [2.24, 2.45) is 0 Å². The standard InChI is InChI=1S/C18H18N6O3/c1-12-4-8-27-16(12)18(26)23-6-2-7-24-13(10-23)9-14(22-24)17(25)21-15-3-5-19-11-20-15/h3-5,8-9,11H,2,6-7,10H2,1H3,(H,19,20,21,25). The summed E-state index contributed by atoms with van der Waals surface area (Å²) < 4.78 is 7.10. The first kappa shape index (κ1) is 17.0. The molecule has 0 aromatic carbocycles. The van der Waals surface area contributed by atoms with Crippen molar-refractivity contribution in [3.8, 4) is 0 Å². The number of nitrogens with zero attached hydrogens (tertiary/aromatic N) is 5. The fraction of sp³-hybridized carbons (Fsp3) is 0.278. The highest BCUT2D eigenvalue weighted by Gasteiger charge is 2.25. The van der Waals surface area contributed by atoms with E-state index in [2.05, 4.69) is 20.4 Å². The molecule has 0 aliphatic carbocycles. The van der Waals surface area contributed by atoms with Crippen LogP contribution >= 0.6 is 0 Å². The monoisotopic (exact) mass is 366 g/mol. The largest absolute Gasteiger partial charge is 0.459 e. The van der Waals surface area contributed by atoms with Crippen molar-refractivity contribution in [1.82, 2.24) is 24.6 Å². The molecule has 0 saturated carbocycles. The normalized spacial score (nSPS) is 13.7. The van der Waals surface area contributed by atoms with Gasteiger partial charge in [-0.3, -0.25) is 14.3 Å². The molecule has 1 aliphatic heterocycles. The first-order chi connectivity index (χ1) is 13.1. The minimum atomic E-state index is -0.353. The van der Waals surface area contributed by atoms with Crippen LogP contribution in [-0.2, 0) is 13.1 Å². The highest BCUT2D eigenvalue weighted by molar-refractivity contribution is 6.02. The predicted octanol–water partition coefficient (Wildman–Crippen LogP) is 1.87. The molecular formula is C18H18N6O3. The van der Waals surface area contributed by atoms with Gasteiger partial charge in [-0.05, 0) is 31.5 Å². The molecule has 27 heavy (non-hydrogen) atoms. The predicted molar refractivity (Wildman–Crippen MR) is 95.0 cm³/mol. The summed E-state index contributed by atoms with van der Waals surface area (Å²) in [7, 11) is 0. The smallest absolute Gasteiger partial charge is 0.290 e. The van der Waals surface area contributed by atoms with E-state index in [1.165, 1.54) is 12.6 Å². The Balaban J connectivity index is 1.52. The number of carbonyl (C=O) groups is 2. The van der Waals surface area contributed by atoms with E-state index >= 15 is 0 Å². The molecule has 0 fully saturated rings. The number of hydrogen-bond donors (Lipinski definition) is 1. The molecule has 2 amide bonds. The summed E-state index contributed by atoms with van der Waals surface area (Å²) in [6, 6.07) is 5.08. The van der Waals surface area contributed by atoms with Crippen LogP contribution in [-0.4, -0.2) is 43.0 Å². The van der Waals surface area contributed by atoms with Crippen molar-refractivity contribution in [2.45, 2.75) is 26.4 Å². The van der Waals surface area contributed by atoms with Gasteiger partial charge >= 0.3 is 0 Å². The quantitative estimate of drug-likeness (QED) is 0.758. The van der Waals surface area contributed by atoms with Crippen LogP contribution in [0.1, 0.15) is 38.7 Å². The number of amides is 2. The summed E-state index contributed by atoms with van der Waals surface area (Å²) in [6.07, 6.45) is 5.16. The molecule has 4 rings (SSSR count). The third-order valence-electron chi connectivity index (χ3n) is 4.41. The van der Waals surface area contributed by atoms with E-state index in [0.29, 0.717) is 31.2 Å². The first-order valence-corrected chi connectivity index (χ1v) is 8.59. The average Bonchev–Trinajstić information content (AvgIpc) is 3.22. The lowest BCUT2D eigenvalue weighted by Crippen LogP contribution is -2.30. The van der Waals surface area contributed by atoms with Gasteiger partial charge < -0.3 is 14.6 Å². The summed E-state index contributed by atoms with van der Waals surface area (Å²) >= 11 is 0. The molecule has 0 unspecified atom stereocenters. The van der Waals surface area contributed by atoms with Crippen molar-refractivity contribution < 1.29 is 14.0 Å². The van der Waals surface area contributed by atoms with E-state index in [0.717, 1.165) is 17.7 Å². The number of furan rings is 1. The molecule has 1 N–H and O–H groups in total. The van der Waals surface area contributed by atoms with Crippen molar-refractivity contribution in [3.63, 3.8) is 0 Å². The Morgan fingerprint density at radius 2 is 2.15 bits per heavy atom. The zero-order valence-electron chi connectivity index (χ0n) is 14.8. The second kappa shape index (κ2) is 7.02. The summed E-state index contributed by atoms with van der Waals surface area (Å²) in [5.74, 6) is 0.251. The van der Waals surface area contributed by atoms with Gasteiger partial charge in [-0.2, -0.15) is 5.10 Å². The van der Waals surface area contributed by atoms with E-state index in [9.17, 15) is 9.59 Å². The van der Waals surface area contributed by atoms with Crippen molar-refractivity contribution >= 4 is 17.6 Å². The van der Waals surface area contributed by atoms with Gasteiger partial charge in [0.25, 0.3) is 11.8 Å². The number of rotatable bonds is 3. The Bertz CT molecular complexity index is 978. The van der Waals surface area contributed by atoms with E-state index in [1.54, 1.807) is 34.0 Å². The van der Waals surface area contributed by atoms with Crippen molar-refractivity contribution in [1.29, 1.82) is 0 Å². The van der Waals surface area contributed by atoms with E-state index in [4.69, 9.17) is 4.42 Å². The lowest BCUT2D eigenvalue weighted by Gasteiger charge is -2.18. The third kappa shape index (κ3) is 3.43. The molecule has 138 valence electrons. The highest BCUT2D eigenvalue weighted by atomic mass is 16.3. The van der Waals surface area contributed by atoms with Gasteiger partial charge in [-0.25, -0.2) is 9.97 Å². The fourth-order valence-electron chi connectivity index (χ4n) is 3.03. The number of fused-ring (bicyclic) bond motifs is 1. The summed E-state index contributed by atoms with van der Waals surface area (Å²) in [6.45, 7) is 3.45. The van der Waals surface area contributed by atoms with Crippen LogP contribution in [0, 0.1) is 6.92 Å². The van der Waals surface area contributed by atoms with Gasteiger partial charge in [0.1, 0.15) is 12.1 Å². The molecule has 0 saturated heterocycles. The van der Waals surface area contributed by atoms with Gasteiger partial charge in [-0.1, -0.05) is 0 Å². The SMILES string of the molecule is Cc1ccoc1C(=O)N1CCCn2nc(C(=O)Nc3ccncn3)cc2C1. The molecule has 9 nitrogen and oxygen atoms in total. The molecule has 0 spiro atoms. The van der Waals surface area contributed by atoms with Crippen LogP contribution in [0.25, 0.3) is 0 Å². The zero-order chi connectivity index (χ0) is 18.8. The first-order valence-electron chi connectivity index (χ1n) is 8.59. The Morgan fingerprint density at radius 1 is 1.26 bits per heavy atom. The molecule has 3 aromatic rings. The number of hydrogen-bond acceptors (Lipinski definition) is 6. The van der Waals surface area contributed by atoms with Crippen molar-refractivity contribution in [3.05, 3.63) is 59.7 Å². The number of aryl methyl sites for hydroxylation is 2. The Morgan fingerprint density at radius 3 is 2.89 bits per heavy atom. The van der Waals surface area contributed by atoms with Gasteiger partial charge in [0.05, 0.1) is 18.5 Å². The minimum absolute atomic E-state index is 0.154. The van der Waals surface area contributed by atoms with Gasteiger partial charge in [0.15, 0.2) is 11.5 Å². The summed E-state index contributed by atoms with van der Waals surface area (Å²) in [4.78, 5) is 34.7.